The Morgan fingerprint density at radius 1 is 0.806 bits per heavy atom. The fraction of sp³-hybridized carbons (Fsp3) is 0.520. The van der Waals surface area contributed by atoms with Crippen LogP contribution in [0.15, 0.2) is 42.5 Å². The van der Waals surface area contributed by atoms with Crippen LogP contribution in [0.1, 0.15) is 70.2 Å². The van der Waals surface area contributed by atoms with Crippen LogP contribution in [0.2, 0.25) is 0 Å². The van der Waals surface area contributed by atoms with Gasteiger partial charge in [-0.3, -0.25) is 9.11 Å². The molecule has 0 aliphatic carbocycles. The predicted molar refractivity (Wildman–Crippen MR) is 130 cm³/mol. The molecule has 0 atom stereocenters. The van der Waals surface area contributed by atoms with Crippen LogP contribution in [-0.4, -0.2) is 31.5 Å². The Balaban J connectivity index is 0.00000110. The van der Waals surface area contributed by atoms with Gasteiger partial charge in [0.2, 0.25) is 0 Å². The minimum atomic E-state index is -2.61. The summed E-state index contributed by atoms with van der Waals surface area (Å²) in [7, 11) is 0. The summed E-state index contributed by atoms with van der Waals surface area (Å²) in [5.74, 6) is 0.472. The molecule has 5 nitrogen and oxygen atoms in total. The van der Waals surface area contributed by atoms with Gasteiger partial charge in [-0.05, 0) is 65.4 Å². The molecule has 0 saturated heterocycles. The van der Waals surface area contributed by atoms with Crippen molar-refractivity contribution < 1.29 is 18.4 Å². The molecule has 0 fully saturated rings. The van der Waals surface area contributed by atoms with Gasteiger partial charge in [-0.1, -0.05) is 84.0 Å². The smallest absolute Gasteiger partial charge is 0.299 e. The lowest BCUT2D eigenvalue weighted by molar-refractivity contribution is 0.422. The van der Waals surface area contributed by atoms with E-state index in [2.05, 4.69) is 89.3 Å². The molecule has 6 heteroatoms. The highest BCUT2D eigenvalue weighted by Crippen LogP contribution is 2.39. The quantitative estimate of drug-likeness (QED) is 0.334. The molecular weight excluding hydrogens is 410 g/mol. The van der Waals surface area contributed by atoms with Crippen LogP contribution in [0, 0.1) is 0 Å². The van der Waals surface area contributed by atoms with Crippen molar-refractivity contribution in [1.29, 1.82) is 0 Å². The van der Waals surface area contributed by atoms with Crippen molar-refractivity contribution in [2.45, 2.75) is 71.6 Å². The highest BCUT2D eigenvalue weighted by molar-refractivity contribution is 7.73. The average molecular weight is 450 g/mol. The molecule has 0 spiro atoms. The molecule has 0 saturated carbocycles. The molecule has 0 heterocycles. The van der Waals surface area contributed by atoms with E-state index in [1.54, 1.807) is 0 Å². The van der Waals surface area contributed by atoms with Gasteiger partial charge in [0.15, 0.2) is 0 Å². The number of aryl methyl sites for hydroxylation is 1. The van der Waals surface area contributed by atoms with E-state index in [1.807, 2.05) is 0 Å². The maximum absolute atomic E-state index is 10.8. The van der Waals surface area contributed by atoms with Crippen LogP contribution in [0.3, 0.4) is 0 Å². The monoisotopic (exact) mass is 449 g/mol. The van der Waals surface area contributed by atoms with Crippen LogP contribution >= 0.6 is 0 Å². The van der Waals surface area contributed by atoms with Gasteiger partial charge in [-0.25, -0.2) is 0 Å². The summed E-state index contributed by atoms with van der Waals surface area (Å²) in [6, 6.07) is 15.0. The Kier molecular flexibility index (Phi) is 10.9. The van der Waals surface area contributed by atoms with E-state index in [-0.39, 0.29) is 10.8 Å². The fourth-order valence-electron chi connectivity index (χ4n) is 3.40. The van der Waals surface area contributed by atoms with E-state index in [1.165, 1.54) is 11.1 Å². The van der Waals surface area contributed by atoms with Gasteiger partial charge in [-0.2, -0.15) is 4.21 Å². The number of nitrogens with one attached hydrogen (secondary N) is 1. The first kappa shape index (κ1) is 27.3. The SMILES string of the molecule is CC(C)(C)c1cc(CCCNCCc2ccccc2)cc(C(C)(C)C)c1O.O=S(O)O. The Morgan fingerprint density at radius 3 is 1.74 bits per heavy atom. The Hall–Kier alpha value is -1.73. The summed E-state index contributed by atoms with van der Waals surface area (Å²) in [5.41, 5.74) is 4.70. The van der Waals surface area contributed by atoms with Crippen LogP contribution in [0.5, 0.6) is 5.75 Å². The molecule has 0 unspecified atom stereocenters. The van der Waals surface area contributed by atoms with Gasteiger partial charge >= 0.3 is 0 Å². The fourth-order valence-corrected chi connectivity index (χ4v) is 3.40. The van der Waals surface area contributed by atoms with Crippen molar-refractivity contribution in [3.8, 4) is 5.75 Å². The maximum atomic E-state index is 10.8. The van der Waals surface area contributed by atoms with Gasteiger partial charge < -0.3 is 10.4 Å². The number of phenolic OH excluding ortho intramolecular Hbond substituents is 1. The molecule has 2 aromatic carbocycles. The third-order valence-corrected chi connectivity index (χ3v) is 5.04. The molecule has 0 aliphatic rings. The van der Waals surface area contributed by atoms with E-state index in [0.717, 1.165) is 43.5 Å². The van der Waals surface area contributed by atoms with Crippen molar-refractivity contribution >= 4 is 11.4 Å². The maximum Gasteiger partial charge on any atom is 0.299 e. The lowest BCUT2D eigenvalue weighted by atomic mass is 9.78. The van der Waals surface area contributed by atoms with Crippen LogP contribution in [0.25, 0.3) is 0 Å². The van der Waals surface area contributed by atoms with Gasteiger partial charge in [0, 0.05) is 0 Å². The first-order valence-electron chi connectivity index (χ1n) is 10.7. The van der Waals surface area contributed by atoms with Crippen molar-refractivity contribution in [2.75, 3.05) is 13.1 Å². The zero-order valence-corrected chi connectivity index (χ0v) is 20.6. The highest BCUT2D eigenvalue weighted by Gasteiger charge is 2.26. The second-order valence-electron chi connectivity index (χ2n) is 9.86. The zero-order chi connectivity index (χ0) is 23.7. The molecule has 0 aliphatic heterocycles. The molecule has 0 amide bonds. The molecule has 31 heavy (non-hydrogen) atoms. The van der Waals surface area contributed by atoms with Gasteiger partial charge in [0.05, 0.1) is 0 Å². The number of rotatable bonds is 7. The third-order valence-electron chi connectivity index (χ3n) is 5.04. The standard InChI is InChI=1S/C25H37NO.H2O3S/c1-24(2,3)21-17-20(18-22(23(21)27)25(4,5)6)13-10-15-26-16-14-19-11-8-7-9-12-19;1-4(2)3/h7-9,11-12,17-18,26-27H,10,13-16H2,1-6H3;(H2,1,2,3). The Bertz CT molecular complexity index is 785. The first-order valence-corrected chi connectivity index (χ1v) is 11.8. The largest absolute Gasteiger partial charge is 0.507 e. The number of aromatic hydroxyl groups is 1. The molecule has 4 N–H and O–H groups in total. The van der Waals surface area contributed by atoms with E-state index in [4.69, 9.17) is 13.3 Å². The van der Waals surface area contributed by atoms with E-state index in [9.17, 15) is 5.11 Å². The molecule has 0 aromatic heterocycles. The van der Waals surface area contributed by atoms with Crippen molar-refractivity contribution in [3.63, 3.8) is 0 Å². The minimum absolute atomic E-state index is 0.0615. The van der Waals surface area contributed by atoms with Crippen molar-refractivity contribution in [2.24, 2.45) is 0 Å². The van der Waals surface area contributed by atoms with E-state index >= 15 is 0 Å². The Labute approximate surface area is 190 Å². The van der Waals surface area contributed by atoms with E-state index in [0.29, 0.717) is 5.75 Å². The summed E-state index contributed by atoms with van der Waals surface area (Å²) in [6.45, 7) is 15.1. The first-order chi connectivity index (χ1) is 14.3. The van der Waals surface area contributed by atoms with Crippen LogP contribution in [0.4, 0.5) is 0 Å². The molecule has 0 radical (unpaired) electrons. The summed E-state index contributed by atoms with van der Waals surface area (Å²) in [5, 5.41) is 14.4. The second kappa shape index (κ2) is 12.3. The molecule has 0 bridgehead atoms. The van der Waals surface area contributed by atoms with Gasteiger partial charge in [-0.15, -0.1) is 0 Å². The lowest BCUT2D eigenvalue weighted by Crippen LogP contribution is -2.20. The average Bonchev–Trinajstić information content (AvgIpc) is 2.64. The number of phenols is 1. The Morgan fingerprint density at radius 2 is 1.29 bits per heavy atom. The van der Waals surface area contributed by atoms with Crippen molar-refractivity contribution in [1.82, 2.24) is 5.32 Å². The van der Waals surface area contributed by atoms with Crippen LogP contribution < -0.4 is 5.32 Å². The minimum Gasteiger partial charge on any atom is -0.507 e. The summed E-state index contributed by atoms with van der Waals surface area (Å²) in [6.07, 6.45) is 3.21. The summed E-state index contributed by atoms with van der Waals surface area (Å²) in [4.78, 5) is 0. The highest BCUT2D eigenvalue weighted by atomic mass is 32.2. The normalized spacial score (nSPS) is 11.9. The van der Waals surface area contributed by atoms with Crippen LogP contribution in [-0.2, 0) is 35.0 Å². The molecular formula is C25H39NO4S. The second-order valence-corrected chi connectivity index (χ2v) is 10.3. The number of hydrogen-bond donors (Lipinski definition) is 4. The third kappa shape index (κ3) is 10.4. The van der Waals surface area contributed by atoms with Gasteiger partial charge in [0.1, 0.15) is 5.75 Å². The summed E-state index contributed by atoms with van der Waals surface area (Å²) < 4.78 is 22.8. The molecule has 2 aromatic rings. The summed E-state index contributed by atoms with van der Waals surface area (Å²) >= 11 is -2.61. The zero-order valence-electron chi connectivity index (χ0n) is 19.7. The lowest BCUT2D eigenvalue weighted by Gasteiger charge is -2.28. The topological polar surface area (TPSA) is 89.8 Å². The predicted octanol–water partition coefficient (Wildman–Crippen LogP) is 5.43. The number of benzene rings is 2. The van der Waals surface area contributed by atoms with Crippen molar-refractivity contribution in [3.05, 3.63) is 64.7 Å². The van der Waals surface area contributed by atoms with E-state index < -0.39 is 11.4 Å². The number of hydrogen-bond acceptors (Lipinski definition) is 3. The molecule has 2 rings (SSSR count). The molecule has 174 valence electrons. The van der Waals surface area contributed by atoms with Gasteiger partial charge in [0.25, 0.3) is 11.4 Å².